The summed E-state index contributed by atoms with van der Waals surface area (Å²) in [6, 6.07) is -2.35. The van der Waals surface area contributed by atoms with Gasteiger partial charge in [0, 0.05) is 6.42 Å². The maximum atomic E-state index is 11.6. The Morgan fingerprint density at radius 2 is 1.90 bits per heavy atom. The molecule has 0 bridgehead atoms. The minimum Gasteiger partial charge on any atom is -0.481 e. The van der Waals surface area contributed by atoms with Crippen molar-refractivity contribution in [3.63, 3.8) is 0 Å². The molecule has 0 radical (unpaired) electrons. The third-order valence-corrected chi connectivity index (χ3v) is 3.11. The zero-order chi connectivity index (χ0) is 16.0. The van der Waals surface area contributed by atoms with Crippen LogP contribution in [0.5, 0.6) is 0 Å². The lowest BCUT2D eigenvalue weighted by Crippen LogP contribution is -2.44. The summed E-state index contributed by atoms with van der Waals surface area (Å²) in [5.41, 5.74) is 0. The number of aromatic nitrogens is 2. The Kier molecular flexibility index (Phi) is 6.03. The molecule has 0 fully saturated rings. The lowest BCUT2D eigenvalue weighted by atomic mass is 10.1. The van der Waals surface area contributed by atoms with Crippen LogP contribution in [0.1, 0.15) is 25.3 Å². The van der Waals surface area contributed by atoms with E-state index in [4.69, 9.17) is 10.2 Å². The number of nitrogens with zero attached hydrogens (tertiary/aromatic N) is 2. The first-order valence-corrected chi connectivity index (χ1v) is 6.94. The van der Waals surface area contributed by atoms with Crippen LogP contribution in [0, 0.1) is 5.92 Å². The first-order valence-electron chi connectivity index (χ1n) is 6.12. The molecule has 0 aliphatic rings. The highest BCUT2D eigenvalue weighted by Crippen LogP contribution is 2.18. The molecule has 1 atom stereocenters. The summed E-state index contributed by atoms with van der Waals surface area (Å²) < 4.78 is 0. The zero-order valence-electron chi connectivity index (χ0n) is 11.5. The summed E-state index contributed by atoms with van der Waals surface area (Å²) in [4.78, 5) is 32.9. The Morgan fingerprint density at radius 3 is 2.43 bits per heavy atom. The number of anilines is 1. The number of carbonyl (C=O) groups is 3. The Balaban J connectivity index is 2.57. The number of rotatable bonds is 7. The fourth-order valence-corrected chi connectivity index (χ4v) is 2.35. The molecule has 9 nitrogen and oxygen atoms in total. The molecule has 0 saturated carbocycles. The van der Waals surface area contributed by atoms with E-state index >= 15 is 0 Å². The van der Waals surface area contributed by atoms with Crippen molar-refractivity contribution in [2.75, 3.05) is 5.32 Å². The standard InChI is InChI=1S/C11H16N4O5S/c1-5(2)3-7-14-15-11(21-7)13-10(20)12-6(9(18)19)4-8(16)17/h5-6H,3-4H2,1-2H3,(H,16,17)(H,18,19)(H2,12,13,15,20)/t6-/m0/s1. The fraction of sp³-hybridized carbons (Fsp3) is 0.545. The van der Waals surface area contributed by atoms with Crippen molar-refractivity contribution in [1.29, 1.82) is 0 Å². The smallest absolute Gasteiger partial charge is 0.326 e. The first-order chi connectivity index (χ1) is 9.77. The summed E-state index contributed by atoms with van der Waals surface area (Å²) in [5, 5.41) is 30.4. The minimum atomic E-state index is -1.51. The number of urea groups is 1. The van der Waals surface area contributed by atoms with Gasteiger partial charge in [-0.05, 0) is 5.92 Å². The van der Waals surface area contributed by atoms with Crippen LogP contribution in [0.3, 0.4) is 0 Å². The third kappa shape index (κ3) is 6.17. The van der Waals surface area contributed by atoms with Gasteiger partial charge in [0.1, 0.15) is 11.0 Å². The van der Waals surface area contributed by atoms with Crippen molar-refractivity contribution in [2.24, 2.45) is 5.92 Å². The second-order valence-corrected chi connectivity index (χ2v) is 5.75. The lowest BCUT2D eigenvalue weighted by molar-refractivity contribution is -0.145. The number of hydrogen-bond donors (Lipinski definition) is 4. The van der Waals surface area contributed by atoms with Gasteiger partial charge < -0.3 is 15.5 Å². The average molecular weight is 316 g/mol. The van der Waals surface area contributed by atoms with Crippen LogP contribution in [0.4, 0.5) is 9.93 Å². The Bertz CT molecular complexity index is 530. The molecule has 4 N–H and O–H groups in total. The molecule has 0 aromatic carbocycles. The first kappa shape index (κ1) is 16.8. The number of amides is 2. The monoisotopic (exact) mass is 316 g/mol. The number of carboxylic acid groups (broad SMARTS) is 2. The highest BCUT2D eigenvalue weighted by molar-refractivity contribution is 7.15. The molecular weight excluding hydrogens is 300 g/mol. The Morgan fingerprint density at radius 1 is 1.24 bits per heavy atom. The predicted octanol–water partition coefficient (Wildman–Crippen LogP) is 0.786. The molecule has 0 unspecified atom stereocenters. The molecule has 1 aromatic rings. The summed E-state index contributed by atoms with van der Waals surface area (Å²) in [6.07, 6.45) is 0.00913. The number of aliphatic carboxylic acids is 2. The minimum absolute atomic E-state index is 0.225. The molecular formula is C11H16N4O5S. The van der Waals surface area contributed by atoms with Gasteiger partial charge >= 0.3 is 18.0 Å². The second kappa shape index (κ2) is 7.53. The van der Waals surface area contributed by atoms with E-state index in [2.05, 4.69) is 20.8 Å². The summed E-state index contributed by atoms with van der Waals surface area (Å²) in [7, 11) is 0. The van der Waals surface area contributed by atoms with E-state index in [1.165, 1.54) is 11.3 Å². The van der Waals surface area contributed by atoms with Gasteiger partial charge in [-0.25, -0.2) is 9.59 Å². The van der Waals surface area contributed by atoms with Crippen LogP contribution in [-0.4, -0.2) is 44.4 Å². The van der Waals surface area contributed by atoms with E-state index in [9.17, 15) is 14.4 Å². The van der Waals surface area contributed by atoms with Gasteiger partial charge in [0.15, 0.2) is 0 Å². The second-order valence-electron chi connectivity index (χ2n) is 4.69. The van der Waals surface area contributed by atoms with Gasteiger partial charge in [-0.15, -0.1) is 10.2 Å². The van der Waals surface area contributed by atoms with Gasteiger partial charge in [-0.1, -0.05) is 25.2 Å². The zero-order valence-corrected chi connectivity index (χ0v) is 12.3. The number of carboxylic acids is 2. The number of carbonyl (C=O) groups excluding carboxylic acids is 1. The molecule has 116 valence electrons. The van der Waals surface area contributed by atoms with Crippen molar-refractivity contribution >= 4 is 34.4 Å². The SMILES string of the molecule is CC(C)Cc1nnc(NC(=O)N[C@@H](CC(=O)O)C(=O)O)s1. The molecule has 21 heavy (non-hydrogen) atoms. The normalized spacial score (nSPS) is 12.0. The molecule has 0 aliphatic carbocycles. The number of hydrogen-bond acceptors (Lipinski definition) is 6. The Hall–Kier alpha value is -2.23. The van der Waals surface area contributed by atoms with E-state index < -0.39 is 30.4 Å². The largest absolute Gasteiger partial charge is 0.481 e. The van der Waals surface area contributed by atoms with Crippen LogP contribution in [0.15, 0.2) is 0 Å². The average Bonchev–Trinajstić information content (AvgIpc) is 2.73. The summed E-state index contributed by atoms with van der Waals surface area (Å²) >= 11 is 1.18. The molecule has 0 aliphatic heterocycles. The molecule has 1 aromatic heterocycles. The van der Waals surface area contributed by atoms with Crippen LogP contribution < -0.4 is 10.6 Å². The van der Waals surface area contributed by atoms with Crippen molar-refractivity contribution in [3.05, 3.63) is 5.01 Å². The summed E-state index contributed by atoms with van der Waals surface area (Å²) in [5.74, 6) is -2.35. The van der Waals surface area contributed by atoms with E-state index in [0.29, 0.717) is 5.92 Å². The van der Waals surface area contributed by atoms with Crippen molar-refractivity contribution in [2.45, 2.75) is 32.7 Å². The Labute approximate surface area is 124 Å². The van der Waals surface area contributed by atoms with Gasteiger partial charge in [0.2, 0.25) is 5.13 Å². The molecule has 0 saturated heterocycles. The third-order valence-electron chi connectivity index (χ3n) is 2.25. The van der Waals surface area contributed by atoms with Gasteiger partial charge in [-0.2, -0.15) is 0 Å². The molecule has 10 heteroatoms. The van der Waals surface area contributed by atoms with Gasteiger partial charge in [0.05, 0.1) is 6.42 Å². The van der Waals surface area contributed by atoms with Crippen LogP contribution in [-0.2, 0) is 16.0 Å². The van der Waals surface area contributed by atoms with E-state index in [1.807, 2.05) is 13.8 Å². The highest BCUT2D eigenvalue weighted by atomic mass is 32.1. The molecule has 1 heterocycles. The molecule has 1 rings (SSSR count). The van der Waals surface area contributed by atoms with Crippen LogP contribution in [0.2, 0.25) is 0 Å². The van der Waals surface area contributed by atoms with Crippen LogP contribution >= 0.6 is 11.3 Å². The summed E-state index contributed by atoms with van der Waals surface area (Å²) in [6.45, 7) is 4.04. The molecule has 2 amide bonds. The van der Waals surface area contributed by atoms with Crippen molar-refractivity contribution in [1.82, 2.24) is 15.5 Å². The van der Waals surface area contributed by atoms with Crippen molar-refractivity contribution in [3.8, 4) is 0 Å². The topological polar surface area (TPSA) is 142 Å². The lowest BCUT2D eigenvalue weighted by Gasteiger charge is -2.11. The van der Waals surface area contributed by atoms with E-state index in [0.717, 1.165) is 11.4 Å². The maximum Gasteiger partial charge on any atom is 0.326 e. The van der Waals surface area contributed by atoms with Gasteiger partial charge in [0.25, 0.3) is 0 Å². The fourth-order valence-electron chi connectivity index (χ4n) is 1.40. The maximum absolute atomic E-state index is 11.6. The quantitative estimate of drug-likeness (QED) is 0.582. The highest BCUT2D eigenvalue weighted by Gasteiger charge is 2.23. The number of nitrogens with one attached hydrogen (secondary N) is 2. The predicted molar refractivity (Wildman–Crippen MR) is 74.3 cm³/mol. The van der Waals surface area contributed by atoms with Gasteiger partial charge in [-0.3, -0.25) is 10.1 Å². The van der Waals surface area contributed by atoms with Crippen molar-refractivity contribution < 1.29 is 24.6 Å². The van der Waals surface area contributed by atoms with Crippen LogP contribution in [0.25, 0.3) is 0 Å². The molecule has 0 spiro atoms. The van der Waals surface area contributed by atoms with E-state index in [-0.39, 0.29) is 5.13 Å². The van der Waals surface area contributed by atoms with E-state index in [1.54, 1.807) is 0 Å².